The summed E-state index contributed by atoms with van der Waals surface area (Å²) in [5, 5.41) is 0. The number of hydrogen-bond acceptors (Lipinski definition) is 3. The second kappa shape index (κ2) is 8.13. The molecule has 24 heavy (non-hydrogen) atoms. The van der Waals surface area contributed by atoms with E-state index in [9.17, 15) is 4.79 Å². The number of ether oxygens (including phenoxy) is 1. The van der Waals surface area contributed by atoms with Crippen molar-refractivity contribution in [3.8, 4) is 0 Å². The van der Waals surface area contributed by atoms with E-state index in [4.69, 9.17) is 4.74 Å². The Kier molecular flexibility index (Phi) is 5.90. The molecule has 3 rings (SSSR count). The molecule has 2 fully saturated rings. The van der Waals surface area contributed by atoms with Crippen molar-refractivity contribution in [3.63, 3.8) is 0 Å². The summed E-state index contributed by atoms with van der Waals surface area (Å²) in [4.78, 5) is 16.8. The van der Waals surface area contributed by atoms with Crippen molar-refractivity contribution in [1.29, 1.82) is 0 Å². The third-order valence-electron chi connectivity index (χ3n) is 5.07. The molecular formula is C20H30N2O2. The van der Waals surface area contributed by atoms with Crippen LogP contribution in [0.15, 0.2) is 24.3 Å². The van der Waals surface area contributed by atoms with Crippen LogP contribution in [0, 0.1) is 0 Å². The molecule has 0 bridgehead atoms. The molecule has 1 aromatic rings. The maximum Gasteiger partial charge on any atom is 0.224 e. The molecule has 132 valence electrons. The zero-order chi connectivity index (χ0) is 16.9. The Morgan fingerprint density at radius 3 is 2.46 bits per heavy atom. The van der Waals surface area contributed by atoms with Gasteiger partial charge >= 0.3 is 0 Å². The maximum absolute atomic E-state index is 12.4. The Balaban J connectivity index is 1.52. The number of hydrogen-bond donors (Lipinski definition) is 0. The molecule has 4 heteroatoms. The van der Waals surface area contributed by atoms with Gasteiger partial charge in [-0.25, -0.2) is 0 Å². The molecular weight excluding hydrogens is 300 g/mol. The van der Waals surface area contributed by atoms with Gasteiger partial charge in [-0.1, -0.05) is 38.1 Å². The summed E-state index contributed by atoms with van der Waals surface area (Å²) in [6.07, 6.45) is 3.17. The van der Waals surface area contributed by atoms with Gasteiger partial charge in [-0.3, -0.25) is 9.69 Å². The van der Waals surface area contributed by atoms with Gasteiger partial charge in [0.1, 0.15) is 0 Å². The van der Waals surface area contributed by atoms with Gasteiger partial charge in [-0.05, 0) is 29.9 Å². The molecule has 0 spiro atoms. The Labute approximate surface area is 145 Å². The van der Waals surface area contributed by atoms with E-state index in [0.717, 1.165) is 26.2 Å². The standard InChI is InChI=1S/C20H30N2O2/c1-16(2)18-5-3-17(4-6-18)15-22(19-7-8-19)10-9-20(23)21-11-13-24-14-12-21/h3-6,16,19H,7-15H2,1-2H3. The average Bonchev–Trinajstić information content (AvgIpc) is 3.44. The second-order valence-corrected chi connectivity index (χ2v) is 7.34. The molecule has 0 unspecified atom stereocenters. The van der Waals surface area contributed by atoms with E-state index >= 15 is 0 Å². The zero-order valence-corrected chi connectivity index (χ0v) is 15.0. The lowest BCUT2D eigenvalue weighted by molar-refractivity contribution is -0.135. The summed E-state index contributed by atoms with van der Waals surface area (Å²) in [6, 6.07) is 9.64. The number of benzene rings is 1. The molecule has 1 amide bonds. The predicted molar refractivity (Wildman–Crippen MR) is 96.0 cm³/mol. The van der Waals surface area contributed by atoms with Crippen molar-refractivity contribution in [1.82, 2.24) is 9.80 Å². The van der Waals surface area contributed by atoms with Crippen LogP contribution in [0.25, 0.3) is 0 Å². The molecule has 0 N–H and O–H groups in total. The van der Waals surface area contributed by atoms with Gasteiger partial charge in [0.15, 0.2) is 0 Å². The molecule has 1 saturated carbocycles. The third-order valence-corrected chi connectivity index (χ3v) is 5.07. The number of nitrogens with zero attached hydrogens (tertiary/aromatic N) is 2. The summed E-state index contributed by atoms with van der Waals surface area (Å²) < 4.78 is 5.32. The molecule has 0 aromatic heterocycles. The SMILES string of the molecule is CC(C)c1ccc(CN(CCC(=O)N2CCOCC2)C2CC2)cc1. The predicted octanol–water partition coefficient (Wildman–Crippen LogP) is 3.02. The normalized spacial score (nSPS) is 18.4. The van der Waals surface area contributed by atoms with E-state index in [-0.39, 0.29) is 5.91 Å². The molecule has 1 saturated heterocycles. The Morgan fingerprint density at radius 1 is 1.21 bits per heavy atom. The minimum Gasteiger partial charge on any atom is -0.378 e. The number of morpholine rings is 1. The molecule has 1 aliphatic heterocycles. The van der Waals surface area contributed by atoms with Crippen LogP contribution in [0.2, 0.25) is 0 Å². The van der Waals surface area contributed by atoms with Crippen molar-refractivity contribution >= 4 is 5.91 Å². The minimum atomic E-state index is 0.277. The Morgan fingerprint density at radius 2 is 1.88 bits per heavy atom. The van der Waals surface area contributed by atoms with Crippen LogP contribution in [0.5, 0.6) is 0 Å². The molecule has 2 aliphatic rings. The van der Waals surface area contributed by atoms with Crippen LogP contribution in [0.3, 0.4) is 0 Å². The summed E-state index contributed by atoms with van der Waals surface area (Å²) in [7, 11) is 0. The van der Waals surface area contributed by atoms with Crippen LogP contribution < -0.4 is 0 Å². The zero-order valence-electron chi connectivity index (χ0n) is 15.0. The first kappa shape index (κ1) is 17.4. The van der Waals surface area contributed by atoms with Gasteiger partial charge in [-0.15, -0.1) is 0 Å². The lowest BCUT2D eigenvalue weighted by Gasteiger charge is -2.28. The molecule has 1 aliphatic carbocycles. The molecule has 1 aromatic carbocycles. The van der Waals surface area contributed by atoms with Crippen LogP contribution in [-0.2, 0) is 16.1 Å². The fourth-order valence-electron chi connectivity index (χ4n) is 3.28. The van der Waals surface area contributed by atoms with E-state index in [1.54, 1.807) is 0 Å². The quantitative estimate of drug-likeness (QED) is 0.770. The van der Waals surface area contributed by atoms with Gasteiger partial charge in [0.2, 0.25) is 5.91 Å². The van der Waals surface area contributed by atoms with E-state index in [1.165, 1.54) is 24.0 Å². The first-order valence-electron chi connectivity index (χ1n) is 9.32. The van der Waals surface area contributed by atoms with Crippen molar-refractivity contribution in [2.24, 2.45) is 0 Å². The lowest BCUT2D eigenvalue weighted by Crippen LogP contribution is -2.42. The topological polar surface area (TPSA) is 32.8 Å². The highest BCUT2D eigenvalue weighted by atomic mass is 16.5. The number of carbonyl (C=O) groups is 1. The number of carbonyl (C=O) groups excluding carboxylic acids is 1. The van der Waals surface area contributed by atoms with Crippen LogP contribution in [-0.4, -0.2) is 54.6 Å². The number of rotatable bonds is 7. The summed E-state index contributed by atoms with van der Waals surface area (Å²) in [6.45, 7) is 9.14. The third kappa shape index (κ3) is 4.81. The Bertz CT molecular complexity index is 531. The van der Waals surface area contributed by atoms with E-state index in [2.05, 4.69) is 43.0 Å². The van der Waals surface area contributed by atoms with E-state index < -0.39 is 0 Å². The molecule has 0 atom stereocenters. The summed E-state index contributed by atoms with van der Waals surface area (Å²) >= 11 is 0. The minimum absolute atomic E-state index is 0.277. The highest BCUT2D eigenvalue weighted by molar-refractivity contribution is 5.76. The van der Waals surface area contributed by atoms with Gasteiger partial charge in [-0.2, -0.15) is 0 Å². The molecule has 0 radical (unpaired) electrons. The fourth-order valence-corrected chi connectivity index (χ4v) is 3.28. The van der Waals surface area contributed by atoms with Crippen molar-refractivity contribution in [2.45, 2.75) is 51.6 Å². The highest BCUT2D eigenvalue weighted by Crippen LogP contribution is 2.29. The largest absolute Gasteiger partial charge is 0.378 e. The molecule has 1 heterocycles. The van der Waals surface area contributed by atoms with Crippen LogP contribution in [0.4, 0.5) is 0 Å². The van der Waals surface area contributed by atoms with Crippen LogP contribution in [0.1, 0.15) is 50.2 Å². The number of amides is 1. The smallest absolute Gasteiger partial charge is 0.224 e. The van der Waals surface area contributed by atoms with Crippen molar-refractivity contribution < 1.29 is 9.53 Å². The Hall–Kier alpha value is -1.39. The first-order valence-corrected chi connectivity index (χ1v) is 9.32. The van der Waals surface area contributed by atoms with Crippen molar-refractivity contribution in [3.05, 3.63) is 35.4 Å². The summed E-state index contributed by atoms with van der Waals surface area (Å²) in [5.74, 6) is 0.851. The first-order chi connectivity index (χ1) is 11.6. The van der Waals surface area contributed by atoms with Gasteiger partial charge in [0.25, 0.3) is 0 Å². The van der Waals surface area contributed by atoms with Gasteiger partial charge in [0, 0.05) is 38.6 Å². The van der Waals surface area contributed by atoms with Gasteiger partial charge < -0.3 is 9.64 Å². The maximum atomic E-state index is 12.4. The fraction of sp³-hybridized carbons (Fsp3) is 0.650. The molecule has 4 nitrogen and oxygen atoms in total. The monoisotopic (exact) mass is 330 g/mol. The van der Waals surface area contributed by atoms with E-state index in [0.29, 0.717) is 31.6 Å². The average molecular weight is 330 g/mol. The van der Waals surface area contributed by atoms with Crippen molar-refractivity contribution in [2.75, 3.05) is 32.8 Å². The van der Waals surface area contributed by atoms with Gasteiger partial charge in [0.05, 0.1) is 13.2 Å². The van der Waals surface area contributed by atoms with E-state index in [1.807, 2.05) is 4.90 Å². The lowest BCUT2D eigenvalue weighted by atomic mass is 10.0. The summed E-state index contributed by atoms with van der Waals surface area (Å²) in [5.41, 5.74) is 2.74. The van der Waals surface area contributed by atoms with Crippen LogP contribution >= 0.6 is 0 Å². The highest BCUT2D eigenvalue weighted by Gasteiger charge is 2.29. The second-order valence-electron chi connectivity index (χ2n) is 7.34.